The Morgan fingerprint density at radius 1 is 0.909 bits per heavy atom. The van der Waals surface area contributed by atoms with Crippen LogP contribution in [0, 0.1) is 0 Å². The van der Waals surface area contributed by atoms with Gasteiger partial charge in [0.25, 0.3) is 5.91 Å². The van der Waals surface area contributed by atoms with Crippen molar-refractivity contribution in [1.82, 2.24) is 0 Å². The summed E-state index contributed by atoms with van der Waals surface area (Å²) < 4.78 is 5.55. The Labute approximate surface area is 200 Å². The maximum atomic E-state index is 12.4. The normalized spacial score (nSPS) is 10.4. The van der Waals surface area contributed by atoms with Gasteiger partial charge in [-0.2, -0.15) is 0 Å². The van der Waals surface area contributed by atoms with Gasteiger partial charge in [0.1, 0.15) is 5.75 Å². The molecule has 170 valence electrons. The molecule has 0 saturated heterocycles. The highest BCUT2D eigenvalue weighted by Crippen LogP contribution is 2.27. The molecule has 0 fully saturated rings. The number of halogens is 2. The molecule has 0 spiro atoms. The molecule has 0 aliphatic heterocycles. The van der Waals surface area contributed by atoms with Crippen molar-refractivity contribution in [1.29, 1.82) is 0 Å². The SMILES string of the molecule is O=C(CCCOc1ccc(Cl)cc1Cl)Nc1ccc(C(=O)Nc2ccccc2C(=O)O)cc1. The van der Waals surface area contributed by atoms with Crippen LogP contribution in [-0.4, -0.2) is 29.5 Å². The molecule has 0 aliphatic carbocycles. The maximum absolute atomic E-state index is 12.4. The first-order chi connectivity index (χ1) is 15.8. The zero-order chi connectivity index (χ0) is 23.8. The summed E-state index contributed by atoms with van der Waals surface area (Å²) in [4.78, 5) is 35.9. The van der Waals surface area contributed by atoms with Crippen LogP contribution in [0.2, 0.25) is 10.0 Å². The molecule has 0 saturated carbocycles. The Morgan fingerprint density at radius 2 is 1.64 bits per heavy atom. The van der Waals surface area contributed by atoms with Crippen LogP contribution in [0.1, 0.15) is 33.6 Å². The number of para-hydroxylation sites is 1. The first kappa shape index (κ1) is 24.1. The molecule has 0 atom stereocenters. The summed E-state index contributed by atoms with van der Waals surface area (Å²) in [7, 11) is 0. The average molecular weight is 487 g/mol. The standard InChI is InChI=1S/C24H20Cl2N2O5/c25-16-9-12-21(19(26)14-16)33-13-3-6-22(29)27-17-10-7-15(8-11-17)23(30)28-20-5-2-1-4-18(20)24(31)32/h1-2,4-5,7-12,14H,3,6,13H2,(H,27,29)(H,28,30)(H,31,32). The molecule has 0 aromatic heterocycles. The van der Waals surface area contributed by atoms with Crippen LogP contribution in [0.25, 0.3) is 0 Å². The van der Waals surface area contributed by atoms with E-state index >= 15 is 0 Å². The van der Waals surface area contributed by atoms with E-state index in [1.807, 2.05) is 0 Å². The van der Waals surface area contributed by atoms with Crippen LogP contribution in [0.3, 0.4) is 0 Å². The summed E-state index contributed by atoms with van der Waals surface area (Å²) in [5.74, 6) is -1.29. The number of benzene rings is 3. The van der Waals surface area contributed by atoms with Crippen LogP contribution < -0.4 is 15.4 Å². The van der Waals surface area contributed by atoms with Gasteiger partial charge in [0.15, 0.2) is 0 Å². The third-order valence-electron chi connectivity index (χ3n) is 4.54. The van der Waals surface area contributed by atoms with Crippen molar-refractivity contribution in [2.24, 2.45) is 0 Å². The van der Waals surface area contributed by atoms with Crippen molar-refractivity contribution < 1.29 is 24.2 Å². The molecule has 33 heavy (non-hydrogen) atoms. The van der Waals surface area contributed by atoms with Crippen molar-refractivity contribution in [3.05, 3.63) is 87.9 Å². The minimum atomic E-state index is -1.13. The highest BCUT2D eigenvalue weighted by molar-refractivity contribution is 6.35. The number of hydrogen-bond donors (Lipinski definition) is 3. The summed E-state index contributed by atoms with van der Waals surface area (Å²) in [5, 5.41) is 15.5. The highest BCUT2D eigenvalue weighted by atomic mass is 35.5. The quantitative estimate of drug-likeness (QED) is 0.334. The predicted octanol–water partition coefficient (Wildman–Crippen LogP) is 5.74. The molecule has 7 nitrogen and oxygen atoms in total. The molecule has 0 unspecified atom stereocenters. The number of aromatic carboxylic acids is 1. The molecule has 0 aliphatic rings. The van der Waals surface area contributed by atoms with Crippen LogP contribution in [0.4, 0.5) is 11.4 Å². The van der Waals surface area contributed by atoms with Gasteiger partial charge in [0, 0.05) is 22.7 Å². The monoisotopic (exact) mass is 486 g/mol. The number of nitrogens with one attached hydrogen (secondary N) is 2. The minimum absolute atomic E-state index is 0.00273. The Hall–Kier alpha value is -3.55. The van der Waals surface area contributed by atoms with E-state index in [-0.39, 0.29) is 23.6 Å². The van der Waals surface area contributed by atoms with Gasteiger partial charge < -0.3 is 20.5 Å². The lowest BCUT2D eigenvalue weighted by Crippen LogP contribution is -2.15. The maximum Gasteiger partial charge on any atom is 0.337 e. The first-order valence-corrected chi connectivity index (χ1v) is 10.7. The Bertz CT molecular complexity index is 1170. The van der Waals surface area contributed by atoms with E-state index in [2.05, 4.69) is 10.6 Å². The summed E-state index contributed by atoms with van der Waals surface area (Å²) in [6.45, 7) is 0.311. The van der Waals surface area contributed by atoms with Gasteiger partial charge in [-0.3, -0.25) is 9.59 Å². The lowest BCUT2D eigenvalue weighted by molar-refractivity contribution is -0.116. The van der Waals surface area contributed by atoms with E-state index in [1.54, 1.807) is 54.6 Å². The summed E-state index contributed by atoms with van der Waals surface area (Å²) in [5.41, 5.74) is 1.05. The third-order valence-corrected chi connectivity index (χ3v) is 5.07. The molecule has 2 amide bonds. The van der Waals surface area contributed by atoms with Crippen molar-refractivity contribution in [3.8, 4) is 5.75 Å². The third kappa shape index (κ3) is 6.97. The second-order valence-corrected chi connectivity index (χ2v) is 7.80. The average Bonchev–Trinajstić information content (AvgIpc) is 2.78. The second-order valence-electron chi connectivity index (χ2n) is 6.96. The Kier molecular flexibility index (Phi) is 8.29. The fraction of sp³-hybridized carbons (Fsp3) is 0.125. The van der Waals surface area contributed by atoms with Crippen molar-refractivity contribution in [2.75, 3.05) is 17.2 Å². The van der Waals surface area contributed by atoms with Crippen molar-refractivity contribution >= 4 is 52.4 Å². The number of rotatable bonds is 9. The zero-order valence-electron chi connectivity index (χ0n) is 17.3. The number of carboxylic acids is 1. The molecular formula is C24H20Cl2N2O5. The number of hydrogen-bond acceptors (Lipinski definition) is 4. The molecule has 0 heterocycles. The summed E-state index contributed by atoms with van der Waals surface area (Å²) in [6.07, 6.45) is 0.716. The highest BCUT2D eigenvalue weighted by Gasteiger charge is 2.13. The van der Waals surface area contributed by atoms with Gasteiger partial charge in [0.05, 0.1) is 22.9 Å². The van der Waals surface area contributed by atoms with Gasteiger partial charge in [-0.05, 0) is 61.0 Å². The number of ether oxygens (including phenoxy) is 1. The van der Waals surface area contributed by atoms with Crippen LogP contribution >= 0.6 is 23.2 Å². The Morgan fingerprint density at radius 3 is 2.33 bits per heavy atom. The topological polar surface area (TPSA) is 105 Å². The molecule has 0 radical (unpaired) electrons. The van der Waals surface area contributed by atoms with E-state index in [4.69, 9.17) is 27.9 Å². The second kappa shape index (κ2) is 11.4. The minimum Gasteiger partial charge on any atom is -0.492 e. The molecular weight excluding hydrogens is 467 g/mol. The van der Waals surface area contributed by atoms with E-state index < -0.39 is 11.9 Å². The lowest BCUT2D eigenvalue weighted by atomic mass is 10.1. The van der Waals surface area contributed by atoms with Gasteiger partial charge >= 0.3 is 5.97 Å². The smallest absolute Gasteiger partial charge is 0.337 e. The summed E-state index contributed by atoms with van der Waals surface area (Å²) >= 11 is 11.9. The van der Waals surface area contributed by atoms with Crippen LogP contribution in [-0.2, 0) is 4.79 Å². The first-order valence-electron chi connectivity index (χ1n) is 9.95. The fourth-order valence-electron chi connectivity index (χ4n) is 2.91. The van der Waals surface area contributed by atoms with Crippen LogP contribution in [0.5, 0.6) is 5.75 Å². The lowest BCUT2D eigenvalue weighted by Gasteiger charge is -2.10. The number of amides is 2. The molecule has 0 bridgehead atoms. The molecule has 3 aromatic carbocycles. The molecule has 3 N–H and O–H groups in total. The fourth-order valence-corrected chi connectivity index (χ4v) is 3.37. The van der Waals surface area contributed by atoms with Crippen LogP contribution in [0.15, 0.2) is 66.7 Å². The predicted molar refractivity (Wildman–Crippen MR) is 128 cm³/mol. The number of carbonyl (C=O) groups excluding carboxylic acids is 2. The van der Waals surface area contributed by atoms with E-state index in [9.17, 15) is 19.5 Å². The number of carboxylic acid groups (broad SMARTS) is 1. The largest absolute Gasteiger partial charge is 0.492 e. The van der Waals surface area contributed by atoms with Gasteiger partial charge in [0.2, 0.25) is 5.91 Å². The van der Waals surface area contributed by atoms with E-state index in [0.717, 1.165) is 0 Å². The van der Waals surface area contributed by atoms with Crippen molar-refractivity contribution in [2.45, 2.75) is 12.8 Å². The Balaban J connectivity index is 1.47. The molecule has 9 heteroatoms. The van der Waals surface area contributed by atoms with E-state index in [0.29, 0.717) is 40.1 Å². The van der Waals surface area contributed by atoms with E-state index in [1.165, 1.54) is 12.1 Å². The van der Waals surface area contributed by atoms with Gasteiger partial charge in [-0.15, -0.1) is 0 Å². The molecule has 3 aromatic rings. The zero-order valence-corrected chi connectivity index (χ0v) is 18.8. The summed E-state index contributed by atoms with van der Waals surface area (Å²) in [6, 6.07) is 17.3. The number of carbonyl (C=O) groups is 3. The van der Waals surface area contributed by atoms with Gasteiger partial charge in [-0.25, -0.2) is 4.79 Å². The van der Waals surface area contributed by atoms with Gasteiger partial charge in [-0.1, -0.05) is 35.3 Å². The number of anilines is 2. The van der Waals surface area contributed by atoms with Crippen molar-refractivity contribution in [3.63, 3.8) is 0 Å². The molecule has 3 rings (SSSR count).